The Hall–Kier alpha value is -0.920. The van der Waals surface area contributed by atoms with Crippen molar-refractivity contribution in [3.63, 3.8) is 0 Å². The van der Waals surface area contributed by atoms with E-state index in [1.165, 1.54) is 10.4 Å². The first kappa shape index (κ1) is 7.71. The van der Waals surface area contributed by atoms with Crippen molar-refractivity contribution in [2.45, 2.75) is 25.3 Å². The molecule has 2 rings (SSSR count). The number of hydrogen-bond acceptors (Lipinski definition) is 3. The number of aliphatic imine (C=N–C) groups is 1. The average Bonchev–Trinajstić information content (AvgIpc) is 2.53. The van der Waals surface area contributed by atoms with E-state index in [-0.39, 0.29) is 6.04 Å². The summed E-state index contributed by atoms with van der Waals surface area (Å²) < 4.78 is 0. The highest BCUT2D eigenvalue weighted by molar-refractivity contribution is 7.10. The summed E-state index contributed by atoms with van der Waals surface area (Å²) in [5.74, 6) is 0. The molecule has 1 atom stereocenters. The summed E-state index contributed by atoms with van der Waals surface area (Å²) in [5, 5.41) is 2.07. The van der Waals surface area contributed by atoms with Crippen LogP contribution < -0.4 is 0 Å². The number of rotatable bonds is 1. The van der Waals surface area contributed by atoms with Crippen molar-refractivity contribution in [3.05, 3.63) is 21.9 Å². The average molecular weight is 179 g/mol. The maximum Gasteiger partial charge on any atom is 0.235 e. The van der Waals surface area contributed by atoms with Gasteiger partial charge in [-0.15, -0.1) is 11.3 Å². The van der Waals surface area contributed by atoms with Gasteiger partial charge in [-0.1, -0.05) is 0 Å². The van der Waals surface area contributed by atoms with Gasteiger partial charge >= 0.3 is 0 Å². The highest BCUT2D eigenvalue weighted by atomic mass is 32.1. The molecule has 0 fully saturated rings. The fourth-order valence-electron chi connectivity index (χ4n) is 1.66. The summed E-state index contributed by atoms with van der Waals surface area (Å²) in [6.07, 6.45) is 4.94. The molecular weight excluding hydrogens is 170 g/mol. The van der Waals surface area contributed by atoms with Crippen molar-refractivity contribution >= 4 is 17.4 Å². The van der Waals surface area contributed by atoms with Crippen LogP contribution in [0.5, 0.6) is 0 Å². The molecule has 0 aliphatic heterocycles. The van der Waals surface area contributed by atoms with Gasteiger partial charge in [0.05, 0.1) is 6.04 Å². The maximum absolute atomic E-state index is 10.1. The van der Waals surface area contributed by atoms with Crippen LogP contribution in [-0.4, -0.2) is 6.08 Å². The Labute approximate surface area is 74.9 Å². The minimum absolute atomic E-state index is 0.0949. The first-order valence-electron chi connectivity index (χ1n) is 4.05. The van der Waals surface area contributed by atoms with Crippen LogP contribution in [0.2, 0.25) is 0 Å². The number of aryl methyl sites for hydroxylation is 1. The molecule has 1 aliphatic rings. The molecule has 1 aliphatic carbocycles. The number of hydrogen-bond donors (Lipinski definition) is 0. The van der Waals surface area contributed by atoms with Gasteiger partial charge in [-0.2, -0.15) is 4.99 Å². The summed E-state index contributed by atoms with van der Waals surface area (Å²) in [7, 11) is 0. The molecule has 0 N–H and O–H groups in total. The van der Waals surface area contributed by atoms with Gasteiger partial charge in [0.1, 0.15) is 0 Å². The molecule has 0 radical (unpaired) electrons. The Morgan fingerprint density at radius 2 is 2.58 bits per heavy atom. The highest BCUT2D eigenvalue weighted by Crippen LogP contribution is 2.35. The van der Waals surface area contributed by atoms with Gasteiger partial charge in [0.15, 0.2) is 0 Å². The zero-order chi connectivity index (χ0) is 8.39. The van der Waals surface area contributed by atoms with Crippen LogP contribution in [0, 0.1) is 0 Å². The Morgan fingerprint density at radius 1 is 1.67 bits per heavy atom. The summed E-state index contributed by atoms with van der Waals surface area (Å²) >= 11 is 1.77. The molecule has 0 saturated carbocycles. The van der Waals surface area contributed by atoms with Crippen LogP contribution in [0.15, 0.2) is 16.4 Å². The lowest BCUT2D eigenvalue weighted by Gasteiger charge is -2.16. The standard InChI is InChI=1S/C9H9NOS/c11-6-10-8-2-1-3-9-7(8)4-5-12-9/h4-5,8H,1-3H2/t8-/m0/s1. The molecule has 12 heavy (non-hydrogen) atoms. The minimum atomic E-state index is 0.0949. The van der Waals surface area contributed by atoms with Crippen LogP contribution >= 0.6 is 11.3 Å². The van der Waals surface area contributed by atoms with Gasteiger partial charge in [0.2, 0.25) is 6.08 Å². The topological polar surface area (TPSA) is 29.4 Å². The molecule has 2 nitrogen and oxygen atoms in total. The normalized spacial score (nSPS) is 21.2. The molecule has 62 valence electrons. The maximum atomic E-state index is 10.1. The molecule has 1 aromatic heterocycles. The zero-order valence-corrected chi connectivity index (χ0v) is 7.43. The lowest BCUT2D eigenvalue weighted by atomic mass is 9.95. The fraction of sp³-hybridized carbons (Fsp3) is 0.444. The van der Waals surface area contributed by atoms with Crippen LogP contribution in [-0.2, 0) is 11.2 Å². The van der Waals surface area contributed by atoms with E-state index in [1.54, 1.807) is 17.4 Å². The van der Waals surface area contributed by atoms with E-state index >= 15 is 0 Å². The third-order valence-electron chi connectivity index (χ3n) is 2.23. The van der Waals surface area contributed by atoms with Gasteiger partial charge < -0.3 is 0 Å². The smallest absolute Gasteiger partial charge is 0.211 e. The number of isocyanates is 1. The Balaban J connectivity index is 2.37. The van der Waals surface area contributed by atoms with Gasteiger partial charge in [-0.05, 0) is 36.3 Å². The van der Waals surface area contributed by atoms with Crippen molar-refractivity contribution in [1.82, 2.24) is 0 Å². The monoisotopic (exact) mass is 179 g/mol. The van der Waals surface area contributed by atoms with Crippen molar-refractivity contribution in [3.8, 4) is 0 Å². The number of carbonyl (C=O) groups excluding carboxylic acids is 1. The van der Waals surface area contributed by atoms with Crippen molar-refractivity contribution in [1.29, 1.82) is 0 Å². The lowest BCUT2D eigenvalue weighted by Crippen LogP contribution is -2.04. The summed E-state index contributed by atoms with van der Waals surface area (Å²) in [6.45, 7) is 0. The second kappa shape index (κ2) is 3.21. The van der Waals surface area contributed by atoms with Gasteiger partial charge in [-0.3, -0.25) is 0 Å². The second-order valence-corrected chi connectivity index (χ2v) is 3.93. The van der Waals surface area contributed by atoms with Crippen molar-refractivity contribution in [2.24, 2.45) is 4.99 Å². The molecule has 0 amide bonds. The Morgan fingerprint density at radius 3 is 3.42 bits per heavy atom. The molecule has 0 bridgehead atoms. The van der Waals surface area contributed by atoms with E-state index < -0.39 is 0 Å². The first-order valence-corrected chi connectivity index (χ1v) is 4.93. The first-order chi connectivity index (χ1) is 5.92. The van der Waals surface area contributed by atoms with E-state index in [9.17, 15) is 4.79 Å². The number of fused-ring (bicyclic) bond motifs is 1. The van der Waals surface area contributed by atoms with Crippen LogP contribution in [0.1, 0.15) is 29.3 Å². The molecule has 1 aromatic rings. The second-order valence-electron chi connectivity index (χ2n) is 2.93. The van der Waals surface area contributed by atoms with E-state index in [0.717, 1.165) is 19.3 Å². The summed E-state index contributed by atoms with van der Waals surface area (Å²) in [6, 6.07) is 2.17. The van der Waals surface area contributed by atoms with Crippen molar-refractivity contribution < 1.29 is 4.79 Å². The van der Waals surface area contributed by atoms with Crippen LogP contribution in [0.4, 0.5) is 0 Å². The lowest BCUT2D eigenvalue weighted by molar-refractivity contribution is 0.540. The van der Waals surface area contributed by atoms with E-state index in [4.69, 9.17) is 0 Å². The predicted molar refractivity (Wildman–Crippen MR) is 48.1 cm³/mol. The van der Waals surface area contributed by atoms with Gasteiger partial charge in [0.25, 0.3) is 0 Å². The largest absolute Gasteiger partial charge is 0.235 e. The van der Waals surface area contributed by atoms with Gasteiger partial charge in [0, 0.05) is 4.88 Å². The third-order valence-corrected chi connectivity index (χ3v) is 3.23. The Kier molecular flexibility index (Phi) is 2.07. The zero-order valence-electron chi connectivity index (χ0n) is 6.62. The molecule has 0 spiro atoms. The SMILES string of the molecule is O=C=N[C@H]1CCCc2sccc21. The molecule has 0 aromatic carbocycles. The Bertz CT molecular complexity index is 325. The molecule has 0 saturated heterocycles. The van der Waals surface area contributed by atoms with E-state index in [2.05, 4.69) is 16.4 Å². The molecular formula is C9H9NOS. The van der Waals surface area contributed by atoms with E-state index in [1.807, 2.05) is 0 Å². The molecule has 0 unspecified atom stereocenters. The fourth-order valence-corrected chi connectivity index (χ4v) is 2.64. The quantitative estimate of drug-likeness (QED) is 0.481. The molecule has 1 heterocycles. The van der Waals surface area contributed by atoms with Crippen LogP contribution in [0.25, 0.3) is 0 Å². The predicted octanol–water partition coefficient (Wildman–Crippen LogP) is 2.46. The summed E-state index contributed by atoms with van der Waals surface area (Å²) in [4.78, 5) is 15.3. The number of nitrogens with zero attached hydrogens (tertiary/aromatic N) is 1. The highest BCUT2D eigenvalue weighted by Gasteiger charge is 2.19. The molecule has 3 heteroatoms. The van der Waals surface area contributed by atoms with Crippen molar-refractivity contribution in [2.75, 3.05) is 0 Å². The van der Waals surface area contributed by atoms with Gasteiger partial charge in [-0.25, -0.2) is 4.79 Å². The minimum Gasteiger partial charge on any atom is -0.211 e. The number of thiophene rings is 1. The van der Waals surface area contributed by atoms with E-state index in [0.29, 0.717) is 0 Å². The summed E-state index contributed by atoms with van der Waals surface area (Å²) in [5.41, 5.74) is 1.25. The van der Waals surface area contributed by atoms with Crippen LogP contribution in [0.3, 0.4) is 0 Å². The third kappa shape index (κ3) is 1.22.